The fraction of sp³-hybridized carbons (Fsp3) is 0.786. The Bertz CT molecular complexity index is 309. The topological polar surface area (TPSA) is 24.9 Å². The summed E-state index contributed by atoms with van der Waals surface area (Å²) in [4.78, 5) is 4.61. The largest absolute Gasteiger partial charge is 0.312 e. The highest BCUT2D eigenvalue weighted by molar-refractivity contribution is 7.09. The Morgan fingerprint density at radius 2 is 2.18 bits per heavy atom. The summed E-state index contributed by atoms with van der Waals surface area (Å²) in [7, 11) is 2.05. The third-order valence-corrected chi connectivity index (χ3v) is 4.25. The zero-order chi connectivity index (χ0) is 12.7. The number of unbranched alkanes of at least 4 members (excludes halogenated alkanes) is 1. The molecule has 1 aromatic rings. The van der Waals surface area contributed by atoms with Crippen LogP contribution in [0.15, 0.2) is 5.38 Å². The molecule has 0 saturated heterocycles. The Hall–Kier alpha value is -0.410. The summed E-state index contributed by atoms with van der Waals surface area (Å²) in [6.07, 6.45) is 6.51. The minimum Gasteiger partial charge on any atom is -0.312 e. The molecular weight excluding hydrogens is 228 g/mol. The first-order chi connectivity index (χ1) is 8.21. The molecule has 1 aromatic heterocycles. The van der Waals surface area contributed by atoms with Gasteiger partial charge in [-0.1, -0.05) is 39.5 Å². The van der Waals surface area contributed by atoms with Crippen molar-refractivity contribution in [2.45, 2.75) is 58.9 Å². The minimum absolute atomic E-state index is 0.432. The van der Waals surface area contributed by atoms with Crippen LogP contribution in [0.2, 0.25) is 0 Å². The van der Waals surface area contributed by atoms with Crippen molar-refractivity contribution in [2.24, 2.45) is 5.92 Å². The minimum atomic E-state index is 0.432. The van der Waals surface area contributed by atoms with Crippen LogP contribution in [0.5, 0.6) is 0 Å². The lowest BCUT2D eigenvalue weighted by atomic mass is 9.91. The van der Waals surface area contributed by atoms with E-state index in [1.165, 1.54) is 42.8 Å². The van der Waals surface area contributed by atoms with E-state index in [4.69, 9.17) is 0 Å². The second kappa shape index (κ2) is 7.83. The van der Waals surface area contributed by atoms with Gasteiger partial charge in [0.2, 0.25) is 0 Å². The molecule has 1 heterocycles. The van der Waals surface area contributed by atoms with Gasteiger partial charge in [-0.15, -0.1) is 11.3 Å². The lowest BCUT2D eigenvalue weighted by Gasteiger charge is -2.21. The third-order valence-electron chi connectivity index (χ3n) is 3.45. The zero-order valence-electron chi connectivity index (χ0n) is 11.6. The van der Waals surface area contributed by atoms with Crippen LogP contribution in [0.1, 0.15) is 62.7 Å². The van der Waals surface area contributed by atoms with Gasteiger partial charge in [0.15, 0.2) is 0 Å². The molecule has 98 valence electrons. The van der Waals surface area contributed by atoms with Crippen LogP contribution in [-0.4, -0.2) is 12.0 Å². The van der Waals surface area contributed by atoms with Crippen LogP contribution in [-0.2, 0) is 0 Å². The van der Waals surface area contributed by atoms with Gasteiger partial charge in [-0.2, -0.15) is 0 Å². The first-order valence-corrected chi connectivity index (χ1v) is 7.68. The average Bonchev–Trinajstić information content (AvgIpc) is 2.76. The van der Waals surface area contributed by atoms with Gasteiger partial charge in [-0.3, -0.25) is 0 Å². The number of nitrogens with zero attached hydrogens (tertiary/aromatic N) is 1. The van der Waals surface area contributed by atoms with Crippen molar-refractivity contribution in [1.29, 1.82) is 0 Å². The van der Waals surface area contributed by atoms with Crippen molar-refractivity contribution in [3.8, 4) is 0 Å². The average molecular weight is 254 g/mol. The van der Waals surface area contributed by atoms with Gasteiger partial charge >= 0.3 is 0 Å². The summed E-state index contributed by atoms with van der Waals surface area (Å²) in [5.74, 6) is 0.828. The Morgan fingerprint density at radius 3 is 2.65 bits per heavy atom. The number of thiazole rings is 1. The summed E-state index contributed by atoms with van der Waals surface area (Å²) in [6.45, 7) is 6.65. The number of hydrogen-bond acceptors (Lipinski definition) is 3. The van der Waals surface area contributed by atoms with E-state index in [1.54, 1.807) is 11.3 Å². The Morgan fingerprint density at radius 1 is 1.41 bits per heavy atom. The molecule has 0 aliphatic rings. The molecule has 3 heteroatoms. The van der Waals surface area contributed by atoms with Gasteiger partial charge in [0, 0.05) is 5.38 Å². The molecule has 1 N–H and O–H groups in total. The predicted octanol–water partition coefficient (Wildman–Crippen LogP) is 4.32. The molecule has 2 unspecified atom stereocenters. The van der Waals surface area contributed by atoms with Gasteiger partial charge in [0.25, 0.3) is 0 Å². The lowest BCUT2D eigenvalue weighted by molar-refractivity contribution is 0.361. The SMILES string of the molecule is CCCCC(CC)CC(NC)c1csc(C)n1. The first kappa shape index (κ1) is 14.7. The monoisotopic (exact) mass is 254 g/mol. The molecule has 0 bridgehead atoms. The first-order valence-electron chi connectivity index (χ1n) is 6.80. The summed E-state index contributed by atoms with van der Waals surface area (Å²) in [5.41, 5.74) is 1.23. The molecular formula is C14H26N2S. The van der Waals surface area contributed by atoms with Crippen molar-refractivity contribution in [3.63, 3.8) is 0 Å². The van der Waals surface area contributed by atoms with E-state index in [2.05, 4.69) is 36.5 Å². The Balaban J connectivity index is 2.55. The zero-order valence-corrected chi connectivity index (χ0v) is 12.4. The highest BCUT2D eigenvalue weighted by Gasteiger charge is 2.17. The third kappa shape index (κ3) is 4.76. The van der Waals surface area contributed by atoms with Gasteiger partial charge in [0.05, 0.1) is 16.7 Å². The van der Waals surface area contributed by atoms with Crippen molar-refractivity contribution < 1.29 is 0 Å². The smallest absolute Gasteiger partial charge is 0.0898 e. The maximum atomic E-state index is 4.61. The molecule has 0 aromatic carbocycles. The number of hydrogen-bond donors (Lipinski definition) is 1. The quantitative estimate of drug-likeness (QED) is 0.747. The fourth-order valence-electron chi connectivity index (χ4n) is 2.24. The number of nitrogens with one attached hydrogen (secondary N) is 1. The molecule has 0 aliphatic heterocycles. The number of rotatable bonds is 8. The van der Waals surface area contributed by atoms with E-state index >= 15 is 0 Å². The molecule has 0 amide bonds. The summed E-state index contributed by atoms with van der Waals surface area (Å²) >= 11 is 1.75. The Labute approximate surface area is 110 Å². The van der Waals surface area contributed by atoms with Gasteiger partial charge in [-0.05, 0) is 26.3 Å². The second-order valence-electron chi connectivity index (χ2n) is 4.78. The molecule has 0 fully saturated rings. The predicted molar refractivity (Wildman–Crippen MR) is 76.6 cm³/mol. The lowest BCUT2D eigenvalue weighted by Crippen LogP contribution is -2.20. The summed E-state index contributed by atoms with van der Waals surface area (Å²) in [5, 5.41) is 6.78. The van der Waals surface area contributed by atoms with E-state index in [9.17, 15) is 0 Å². The molecule has 0 saturated carbocycles. The van der Waals surface area contributed by atoms with Crippen LogP contribution >= 0.6 is 11.3 Å². The molecule has 0 spiro atoms. The van der Waals surface area contributed by atoms with Gasteiger partial charge in [0.1, 0.15) is 0 Å². The highest BCUT2D eigenvalue weighted by Crippen LogP contribution is 2.27. The van der Waals surface area contributed by atoms with E-state index < -0.39 is 0 Å². The van der Waals surface area contributed by atoms with Crippen molar-refractivity contribution >= 4 is 11.3 Å². The van der Waals surface area contributed by atoms with Gasteiger partial charge in [-0.25, -0.2) is 4.98 Å². The van der Waals surface area contributed by atoms with E-state index in [0.717, 1.165) is 5.92 Å². The molecule has 0 aliphatic carbocycles. The van der Waals surface area contributed by atoms with Crippen LogP contribution in [0.3, 0.4) is 0 Å². The van der Waals surface area contributed by atoms with Crippen LogP contribution in [0.4, 0.5) is 0 Å². The fourth-order valence-corrected chi connectivity index (χ4v) is 2.91. The summed E-state index contributed by atoms with van der Waals surface area (Å²) < 4.78 is 0. The van der Waals surface area contributed by atoms with E-state index in [0.29, 0.717) is 6.04 Å². The Kier molecular flexibility index (Phi) is 6.75. The van der Waals surface area contributed by atoms with Crippen LogP contribution in [0.25, 0.3) is 0 Å². The van der Waals surface area contributed by atoms with Gasteiger partial charge < -0.3 is 5.32 Å². The van der Waals surface area contributed by atoms with Crippen LogP contribution < -0.4 is 5.32 Å². The number of aromatic nitrogens is 1. The van der Waals surface area contributed by atoms with E-state index in [-0.39, 0.29) is 0 Å². The molecule has 2 atom stereocenters. The van der Waals surface area contributed by atoms with E-state index in [1.807, 2.05) is 7.05 Å². The maximum Gasteiger partial charge on any atom is 0.0898 e. The maximum absolute atomic E-state index is 4.61. The van der Waals surface area contributed by atoms with Crippen molar-refractivity contribution in [2.75, 3.05) is 7.05 Å². The van der Waals surface area contributed by atoms with Crippen molar-refractivity contribution in [1.82, 2.24) is 10.3 Å². The van der Waals surface area contributed by atoms with Crippen molar-refractivity contribution in [3.05, 3.63) is 16.1 Å². The number of aryl methyl sites for hydroxylation is 1. The summed E-state index contributed by atoms with van der Waals surface area (Å²) in [6, 6.07) is 0.432. The normalized spacial score (nSPS) is 14.8. The standard InChI is InChI=1S/C14H26N2S/c1-5-7-8-12(6-2)9-13(15-4)14-10-17-11(3)16-14/h10,12-13,15H,5-9H2,1-4H3. The van der Waals surface area contributed by atoms with Crippen LogP contribution in [0, 0.1) is 12.8 Å². The second-order valence-corrected chi connectivity index (χ2v) is 5.85. The molecule has 2 nitrogen and oxygen atoms in total. The molecule has 0 radical (unpaired) electrons. The molecule has 17 heavy (non-hydrogen) atoms. The highest BCUT2D eigenvalue weighted by atomic mass is 32.1. The molecule has 1 rings (SSSR count).